The Morgan fingerprint density at radius 2 is 1.84 bits per heavy atom. The summed E-state index contributed by atoms with van der Waals surface area (Å²) in [6, 6.07) is 6.79. The van der Waals surface area contributed by atoms with Crippen molar-refractivity contribution in [3.8, 4) is 0 Å². The Hall–Kier alpha value is -3.14. The van der Waals surface area contributed by atoms with Gasteiger partial charge in [-0.2, -0.15) is 5.10 Å². The van der Waals surface area contributed by atoms with Crippen LogP contribution in [0.15, 0.2) is 35.6 Å². The van der Waals surface area contributed by atoms with Gasteiger partial charge in [0.05, 0.1) is 18.1 Å². The van der Waals surface area contributed by atoms with Crippen LogP contribution >= 0.6 is 11.8 Å². The second-order valence-corrected chi connectivity index (χ2v) is 8.47. The summed E-state index contributed by atoms with van der Waals surface area (Å²) in [6.45, 7) is 4.37. The minimum Gasteiger partial charge on any atom is -0.356 e. The average Bonchev–Trinajstić information content (AvgIpc) is 3.22. The van der Waals surface area contributed by atoms with Crippen molar-refractivity contribution in [3.05, 3.63) is 36.0 Å². The summed E-state index contributed by atoms with van der Waals surface area (Å²) < 4.78 is 1.82. The Morgan fingerprint density at radius 1 is 1.09 bits per heavy atom. The SMILES string of the molecule is CSc1nc(N2CCCCC2)c2cnn(CCNC(=O)c3ccc(NC(C)=O)cc3)c2n1. The van der Waals surface area contributed by atoms with E-state index in [1.165, 1.54) is 37.9 Å². The number of benzene rings is 1. The van der Waals surface area contributed by atoms with E-state index in [1.807, 2.05) is 17.1 Å². The summed E-state index contributed by atoms with van der Waals surface area (Å²) in [6.07, 6.45) is 7.40. The number of carbonyl (C=O) groups excluding carboxylic acids is 2. The second-order valence-electron chi connectivity index (χ2n) is 7.70. The van der Waals surface area contributed by atoms with E-state index >= 15 is 0 Å². The highest BCUT2D eigenvalue weighted by molar-refractivity contribution is 7.98. The van der Waals surface area contributed by atoms with Crippen LogP contribution in [0.1, 0.15) is 36.5 Å². The first-order chi connectivity index (χ1) is 15.5. The molecule has 1 aliphatic rings. The molecule has 3 heterocycles. The summed E-state index contributed by atoms with van der Waals surface area (Å²) in [5.74, 6) is 0.628. The molecule has 0 aliphatic carbocycles. The minimum atomic E-state index is -0.177. The Morgan fingerprint density at radius 3 is 2.53 bits per heavy atom. The lowest BCUT2D eigenvalue weighted by molar-refractivity contribution is -0.114. The predicted octanol–water partition coefficient (Wildman–Crippen LogP) is 2.93. The number of amides is 2. The van der Waals surface area contributed by atoms with Gasteiger partial charge in [-0.25, -0.2) is 14.6 Å². The van der Waals surface area contributed by atoms with Gasteiger partial charge < -0.3 is 15.5 Å². The molecule has 1 fully saturated rings. The molecule has 0 atom stereocenters. The van der Waals surface area contributed by atoms with Gasteiger partial charge in [-0.1, -0.05) is 11.8 Å². The van der Waals surface area contributed by atoms with Crippen molar-refractivity contribution < 1.29 is 9.59 Å². The van der Waals surface area contributed by atoms with Gasteiger partial charge in [0.25, 0.3) is 5.91 Å². The highest BCUT2D eigenvalue weighted by Crippen LogP contribution is 2.28. The minimum absolute atomic E-state index is 0.148. The quantitative estimate of drug-likeness (QED) is 0.419. The number of fused-ring (bicyclic) bond motifs is 1. The fourth-order valence-corrected chi connectivity index (χ4v) is 4.16. The van der Waals surface area contributed by atoms with Crippen LogP contribution in [0.25, 0.3) is 11.0 Å². The summed E-state index contributed by atoms with van der Waals surface area (Å²) in [4.78, 5) is 35.3. The zero-order valence-electron chi connectivity index (χ0n) is 18.3. The third kappa shape index (κ3) is 5.01. The van der Waals surface area contributed by atoms with Crippen LogP contribution in [0, 0.1) is 0 Å². The van der Waals surface area contributed by atoms with Crippen molar-refractivity contribution in [2.75, 3.05) is 36.1 Å². The van der Waals surface area contributed by atoms with Crippen molar-refractivity contribution >= 4 is 46.1 Å². The van der Waals surface area contributed by atoms with E-state index in [2.05, 4.69) is 25.6 Å². The van der Waals surface area contributed by atoms with Gasteiger partial charge in [0.2, 0.25) is 5.91 Å². The van der Waals surface area contributed by atoms with E-state index in [4.69, 9.17) is 4.98 Å². The molecule has 0 radical (unpaired) electrons. The fourth-order valence-electron chi connectivity index (χ4n) is 3.81. The first-order valence-electron chi connectivity index (χ1n) is 10.7. The standard InChI is InChI=1S/C22H27N7O2S/c1-15(30)25-17-8-6-16(7-9-17)21(31)23-10-13-29-20-18(14-24-29)19(26-22(27-20)32-2)28-11-4-3-5-12-28/h6-9,14H,3-5,10-13H2,1-2H3,(H,23,31)(H,25,30). The molecule has 4 rings (SSSR count). The molecule has 0 saturated carbocycles. The Labute approximate surface area is 191 Å². The zero-order chi connectivity index (χ0) is 22.5. The van der Waals surface area contributed by atoms with Crippen LogP contribution in [0.3, 0.4) is 0 Å². The second kappa shape index (κ2) is 9.99. The summed E-state index contributed by atoms with van der Waals surface area (Å²) in [5.41, 5.74) is 1.98. The van der Waals surface area contributed by atoms with Crippen molar-refractivity contribution in [1.82, 2.24) is 25.1 Å². The molecule has 168 valence electrons. The number of piperidine rings is 1. The Bertz CT molecular complexity index is 1110. The van der Waals surface area contributed by atoms with Crippen LogP contribution in [0.5, 0.6) is 0 Å². The van der Waals surface area contributed by atoms with Crippen LogP contribution in [0.2, 0.25) is 0 Å². The van der Waals surface area contributed by atoms with Gasteiger partial charge >= 0.3 is 0 Å². The van der Waals surface area contributed by atoms with E-state index < -0.39 is 0 Å². The number of rotatable bonds is 7. The topological polar surface area (TPSA) is 105 Å². The number of aromatic nitrogens is 4. The molecule has 0 bridgehead atoms. The lowest BCUT2D eigenvalue weighted by Gasteiger charge is -2.28. The van der Waals surface area contributed by atoms with E-state index in [1.54, 1.807) is 24.3 Å². The molecule has 1 aromatic carbocycles. The maximum Gasteiger partial charge on any atom is 0.251 e. The monoisotopic (exact) mass is 453 g/mol. The maximum absolute atomic E-state index is 12.5. The van der Waals surface area contributed by atoms with Gasteiger partial charge in [0.1, 0.15) is 5.82 Å². The smallest absolute Gasteiger partial charge is 0.251 e. The molecule has 0 spiro atoms. The lowest BCUT2D eigenvalue weighted by atomic mass is 10.1. The molecule has 2 amide bonds. The van der Waals surface area contributed by atoms with Crippen LogP contribution in [-0.2, 0) is 11.3 Å². The molecule has 10 heteroatoms. The number of hydrogen-bond acceptors (Lipinski definition) is 7. The molecule has 0 unspecified atom stereocenters. The molecule has 3 aromatic rings. The largest absolute Gasteiger partial charge is 0.356 e. The molecule has 1 saturated heterocycles. The lowest BCUT2D eigenvalue weighted by Crippen LogP contribution is -2.30. The molecule has 9 nitrogen and oxygen atoms in total. The third-order valence-electron chi connectivity index (χ3n) is 5.37. The number of anilines is 2. The fraction of sp³-hybridized carbons (Fsp3) is 0.409. The van der Waals surface area contributed by atoms with Gasteiger partial charge in [-0.3, -0.25) is 9.59 Å². The summed E-state index contributed by atoms with van der Waals surface area (Å²) in [7, 11) is 0. The zero-order valence-corrected chi connectivity index (χ0v) is 19.1. The summed E-state index contributed by atoms with van der Waals surface area (Å²) >= 11 is 1.52. The van der Waals surface area contributed by atoms with Crippen LogP contribution < -0.4 is 15.5 Å². The molecule has 2 N–H and O–H groups in total. The van der Waals surface area contributed by atoms with Crippen molar-refractivity contribution in [1.29, 1.82) is 0 Å². The third-order valence-corrected chi connectivity index (χ3v) is 5.92. The van der Waals surface area contributed by atoms with Crippen LogP contribution in [0.4, 0.5) is 11.5 Å². The highest BCUT2D eigenvalue weighted by atomic mass is 32.2. The van der Waals surface area contributed by atoms with Crippen LogP contribution in [-0.4, -0.2) is 57.5 Å². The van der Waals surface area contributed by atoms with Crippen molar-refractivity contribution in [3.63, 3.8) is 0 Å². The van der Waals surface area contributed by atoms with Gasteiger partial charge in [-0.05, 0) is 49.8 Å². The van der Waals surface area contributed by atoms with E-state index in [0.29, 0.717) is 24.3 Å². The van der Waals surface area contributed by atoms with Crippen molar-refractivity contribution in [2.45, 2.75) is 37.9 Å². The molecule has 1 aliphatic heterocycles. The van der Waals surface area contributed by atoms with E-state index in [9.17, 15) is 9.59 Å². The summed E-state index contributed by atoms with van der Waals surface area (Å²) in [5, 5.41) is 11.8. The molecule has 32 heavy (non-hydrogen) atoms. The average molecular weight is 454 g/mol. The normalized spacial score (nSPS) is 13.9. The number of nitrogens with zero attached hydrogens (tertiary/aromatic N) is 5. The van der Waals surface area contributed by atoms with Crippen molar-refractivity contribution in [2.24, 2.45) is 0 Å². The maximum atomic E-state index is 12.5. The highest BCUT2D eigenvalue weighted by Gasteiger charge is 2.19. The van der Waals surface area contributed by atoms with Gasteiger partial charge in [0, 0.05) is 37.8 Å². The Balaban J connectivity index is 1.44. The van der Waals surface area contributed by atoms with E-state index in [0.717, 1.165) is 35.1 Å². The van der Waals surface area contributed by atoms with E-state index in [-0.39, 0.29) is 11.8 Å². The first kappa shape index (κ1) is 22.1. The molecule has 2 aromatic heterocycles. The molecular formula is C22H27N7O2S. The van der Waals surface area contributed by atoms with Gasteiger partial charge in [0.15, 0.2) is 10.8 Å². The molecular weight excluding hydrogens is 426 g/mol. The first-order valence-corrected chi connectivity index (χ1v) is 12.0. The van der Waals surface area contributed by atoms with Gasteiger partial charge in [-0.15, -0.1) is 0 Å². The number of nitrogens with one attached hydrogen (secondary N) is 2. The number of hydrogen-bond donors (Lipinski definition) is 2. The number of thioether (sulfide) groups is 1. The number of carbonyl (C=O) groups is 2. The predicted molar refractivity (Wildman–Crippen MR) is 126 cm³/mol. The Kier molecular flexibility index (Phi) is 6.89.